The second-order valence-electron chi connectivity index (χ2n) is 3.55. The van der Waals surface area contributed by atoms with Gasteiger partial charge in [-0.15, -0.1) is 0 Å². The Morgan fingerprint density at radius 3 is 2.33 bits per heavy atom. The third-order valence-corrected chi connectivity index (χ3v) is 3.42. The molecule has 0 fully saturated rings. The summed E-state index contributed by atoms with van der Waals surface area (Å²) in [5.74, 6) is -0.524. The van der Waals surface area contributed by atoms with Crippen LogP contribution in [-0.4, -0.2) is 10.1 Å². The summed E-state index contributed by atoms with van der Waals surface area (Å²) in [5, 5.41) is 10.1. The van der Waals surface area contributed by atoms with Gasteiger partial charge in [0.15, 0.2) is 0 Å². The number of hydrogen-bond acceptors (Lipinski definition) is 2. The first-order valence-electron chi connectivity index (χ1n) is 4.93. The molecule has 0 spiro atoms. The van der Waals surface area contributed by atoms with Crippen LogP contribution in [0.15, 0.2) is 24.4 Å². The number of aliphatic hydroxyl groups is 1. The Morgan fingerprint density at radius 1 is 1.00 bits per heavy atom. The number of rotatable bonds is 2. The molecule has 0 aliphatic heterocycles. The van der Waals surface area contributed by atoms with Gasteiger partial charge in [-0.3, -0.25) is 4.98 Å². The summed E-state index contributed by atoms with van der Waals surface area (Å²) in [7, 11) is 0. The van der Waals surface area contributed by atoms with Crippen LogP contribution in [0.5, 0.6) is 0 Å². The van der Waals surface area contributed by atoms with E-state index in [1.807, 2.05) is 0 Å². The minimum atomic E-state index is -0.524. The van der Waals surface area contributed by atoms with Gasteiger partial charge in [-0.05, 0) is 18.2 Å². The van der Waals surface area contributed by atoms with Crippen molar-refractivity contribution in [1.29, 1.82) is 0 Å². The highest BCUT2D eigenvalue weighted by Crippen LogP contribution is 2.36. The van der Waals surface area contributed by atoms with E-state index >= 15 is 0 Å². The minimum absolute atomic E-state index is 0.296. The summed E-state index contributed by atoms with van der Waals surface area (Å²) in [6, 6.07) is 4.22. The lowest BCUT2D eigenvalue weighted by Gasteiger charge is -2.10. The van der Waals surface area contributed by atoms with Gasteiger partial charge in [0, 0.05) is 11.1 Å². The molecule has 0 unspecified atom stereocenters. The lowest BCUT2D eigenvalue weighted by atomic mass is 10.0. The van der Waals surface area contributed by atoms with Gasteiger partial charge in [-0.25, -0.2) is 4.39 Å². The van der Waals surface area contributed by atoms with Crippen LogP contribution in [0.3, 0.4) is 0 Å². The Kier molecular flexibility index (Phi) is 4.07. The molecule has 0 amide bonds. The molecular formula is C12H7Cl3FNO. The quantitative estimate of drug-likeness (QED) is 0.837. The molecule has 0 radical (unpaired) electrons. The number of aromatic nitrogens is 1. The van der Waals surface area contributed by atoms with Crippen molar-refractivity contribution in [3.63, 3.8) is 0 Å². The topological polar surface area (TPSA) is 33.1 Å². The van der Waals surface area contributed by atoms with Gasteiger partial charge in [0.1, 0.15) is 5.82 Å². The molecule has 94 valence electrons. The van der Waals surface area contributed by atoms with Crippen LogP contribution in [0.2, 0.25) is 15.1 Å². The third kappa shape index (κ3) is 2.59. The molecule has 2 aromatic rings. The Morgan fingerprint density at radius 2 is 1.67 bits per heavy atom. The van der Waals surface area contributed by atoms with Crippen LogP contribution in [-0.2, 0) is 6.61 Å². The molecule has 0 aliphatic carbocycles. The van der Waals surface area contributed by atoms with Crippen LogP contribution < -0.4 is 0 Å². The summed E-state index contributed by atoms with van der Waals surface area (Å²) in [5.41, 5.74) is 1.18. The fourth-order valence-electron chi connectivity index (χ4n) is 1.56. The van der Waals surface area contributed by atoms with Crippen molar-refractivity contribution in [2.24, 2.45) is 0 Å². The van der Waals surface area contributed by atoms with Gasteiger partial charge in [-0.2, -0.15) is 0 Å². The number of benzene rings is 1. The van der Waals surface area contributed by atoms with E-state index in [-0.39, 0.29) is 6.61 Å². The molecule has 0 saturated heterocycles. The van der Waals surface area contributed by atoms with Crippen LogP contribution >= 0.6 is 34.8 Å². The highest BCUT2D eigenvalue weighted by molar-refractivity contribution is 6.44. The zero-order valence-electron chi connectivity index (χ0n) is 8.92. The first-order valence-corrected chi connectivity index (χ1v) is 6.06. The minimum Gasteiger partial charge on any atom is -0.390 e. The predicted octanol–water partition coefficient (Wildman–Crippen LogP) is 4.34. The molecule has 1 heterocycles. The van der Waals surface area contributed by atoms with E-state index in [0.29, 0.717) is 31.9 Å². The lowest BCUT2D eigenvalue weighted by molar-refractivity contribution is 0.277. The van der Waals surface area contributed by atoms with Gasteiger partial charge in [-0.1, -0.05) is 34.8 Å². The van der Waals surface area contributed by atoms with Gasteiger partial charge in [0.25, 0.3) is 0 Å². The van der Waals surface area contributed by atoms with Crippen molar-refractivity contribution in [3.8, 4) is 11.1 Å². The van der Waals surface area contributed by atoms with Crippen LogP contribution in [0.4, 0.5) is 4.39 Å². The maximum atomic E-state index is 13.2. The molecule has 0 atom stereocenters. The fraction of sp³-hybridized carbons (Fsp3) is 0.0833. The number of halogens is 4. The predicted molar refractivity (Wildman–Crippen MR) is 70.6 cm³/mol. The van der Waals surface area contributed by atoms with Crippen LogP contribution in [0.1, 0.15) is 5.69 Å². The molecule has 0 aliphatic rings. The van der Waals surface area contributed by atoms with E-state index < -0.39 is 5.82 Å². The molecule has 1 N–H and O–H groups in total. The molecule has 0 saturated carbocycles. The normalized spacial score (nSPS) is 10.7. The molecule has 2 nitrogen and oxygen atoms in total. The molecule has 18 heavy (non-hydrogen) atoms. The smallest absolute Gasteiger partial charge is 0.142 e. The summed E-state index contributed by atoms with van der Waals surface area (Å²) in [6.07, 6.45) is 1.03. The number of hydrogen-bond donors (Lipinski definition) is 1. The molecule has 0 bridgehead atoms. The van der Waals surface area contributed by atoms with E-state index in [9.17, 15) is 9.50 Å². The van der Waals surface area contributed by atoms with E-state index in [4.69, 9.17) is 34.8 Å². The van der Waals surface area contributed by atoms with E-state index in [2.05, 4.69) is 4.98 Å². The highest BCUT2D eigenvalue weighted by Gasteiger charge is 2.13. The van der Waals surface area contributed by atoms with Crippen molar-refractivity contribution < 1.29 is 9.50 Å². The van der Waals surface area contributed by atoms with E-state index in [0.717, 1.165) is 6.20 Å². The van der Waals surface area contributed by atoms with Gasteiger partial charge >= 0.3 is 0 Å². The second kappa shape index (κ2) is 5.41. The van der Waals surface area contributed by atoms with Crippen LogP contribution in [0, 0.1) is 5.82 Å². The van der Waals surface area contributed by atoms with E-state index in [1.54, 1.807) is 0 Å². The Balaban J connectivity index is 2.68. The standard InChI is InChI=1S/C12H7Cl3FNO/c13-9-3-11(15)10(14)2-7(9)8-1-6(16)4-17-12(8)5-18/h1-4,18H,5H2. The Hall–Kier alpha value is -0.870. The molecular weight excluding hydrogens is 299 g/mol. The SMILES string of the molecule is OCc1ncc(F)cc1-c1cc(Cl)c(Cl)cc1Cl. The second-order valence-corrected chi connectivity index (χ2v) is 4.77. The number of aliphatic hydroxyl groups excluding tert-OH is 1. The zero-order chi connectivity index (χ0) is 13.3. The summed E-state index contributed by atoms with van der Waals surface area (Å²) in [6.45, 7) is -0.327. The average molecular weight is 307 g/mol. The van der Waals surface area contributed by atoms with Gasteiger partial charge in [0.05, 0.1) is 33.6 Å². The molecule has 6 heteroatoms. The Bertz CT molecular complexity index is 604. The van der Waals surface area contributed by atoms with Crippen LogP contribution in [0.25, 0.3) is 11.1 Å². The zero-order valence-corrected chi connectivity index (χ0v) is 11.2. The fourth-order valence-corrected chi connectivity index (χ4v) is 2.20. The number of pyridine rings is 1. The van der Waals surface area contributed by atoms with E-state index in [1.165, 1.54) is 18.2 Å². The molecule has 1 aromatic carbocycles. The average Bonchev–Trinajstić information content (AvgIpc) is 2.34. The summed E-state index contributed by atoms with van der Waals surface area (Å²) < 4.78 is 13.2. The first-order chi connectivity index (χ1) is 8.52. The van der Waals surface area contributed by atoms with Crippen molar-refractivity contribution in [2.45, 2.75) is 6.61 Å². The first kappa shape index (κ1) is 13.6. The van der Waals surface area contributed by atoms with Crippen molar-refractivity contribution in [1.82, 2.24) is 4.98 Å². The summed E-state index contributed by atoms with van der Waals surface area (Å²) in [4.78, 5) is 3.81. The maximum Gasteiger partial charge on any atom is 0.142 e. The van der Waals surface area contributed by atoms with Crippen molar-refractivity contribution in [2.75, 3.05) is 0 Å². The molecule has 2 rings (SSSR count). The van der Waals surface area contributed by atoms with Gasteiger partial charge < -0.3 is 5.11 Å². The molecule has 1 aromatic heterocycles. The highest BCUT2D eigenvalue weighted by atomic mass is 35.5. The summed E-state index contributed by atoms with van der Waals surface area (Å²) >= 11 is 17.8. The monoisotopic (exact) mass is 305 g/mol. The van der Waals surface area contributed by atoms with Gasteiger partial charge in [0.2, 0.25) is 0 Å². The third-order valence-electron chi connectivity index (χ3n) is 2.39. The van der Waals surface area contributed by atoms with Crippen molar-refractivity contribution >= 4 is 34.8 Å². The Labute approximate surface area is 118 Å². The lowest BCUT2D eigenvalue weighted by Crippen LogP contribution is -1.96. The van der Waals surface area contributed by atoms with Crippen molar-refractivity contribution in [3.05, 3.63) is 51.0 Å². The largest absolute Gasteiger partial charge is 0.390 e. The maximum absolute atomic E-state index is 13.2. The number of nitrogens with zero attached hydrogens (tertiary/aromatic N) is 1.